The van der Waals surface area contributed by atoms with Gasteiger partial charge in [0.1, 0.15) is 5.82 Å². The van der Waals surface area contributed by atoms with Crippen molar-refractivity contribution in [1.29, 1.82) is 0 Å². The first-order valence-electron chi connectivity index (χ1n) is 11.1. The molecule has 3 aromatic rings. The summed E-state index contributed by atoms with van der Waals surface area (Å²) >= 11 is 0. The molecule has 0 aliphatic carbocycles. The third kappa shape index (κ3) is 5.38. The number of benzene rings is 2. The maximum atomic E-state index is 13.4. The molecule has 1 atom stereocenters. The van der Waals surface area contributed by atoms with Crippen LogP contribution in [0, 0.1) is 12.7 Å². The molecule has 1 amide bonds. The molecule has 4 heteroatoms. The van der Waals surface area contributed by atoms with Crippen LogP contribution in [0.25, 0.3) is 0 Å². The van der Waals surface area contributed by atoms with E-state index in [1.807, 2.05) is 29.3 Å². The summed E-state index contributed by atoms with van der Waals surface area (Å²) in [5, 5.41) is 0. The van der Waals surface area contributed by atoms with Crippen LogP contribution in [0.3, 0.4) is 0 Å². The highest BCUT2D eigenvalue weighted by Crippen LogP contribution is 2.31. The van der Waals surface area contributed by atoms with Crippen molar-refractivity contribution in [2.45, 2.75) is 51.5 Å². The van der Waals surface area contributed by atoms with E-state index in [4.69, 9.17) is 4.98 Å². The molecular formula is C27H29FN2O. The van der Waals surface area contributed by atoms with Crippen molar-refractivity contribution in [2.24, 2.45) is 0 Å². The third-order valence-corrected chi connectivity index (χ3v) is 6.09. The third-order valence-electron chi connectivity index (χ3n) is 6.09. The molecule has 160 valence electrons. The molecule has 1 aliphatic heterocycles. The van der Waals surface area contributed by atoms with E-state index in [1.54, 1.807) is 6.92 Å². The number of carbonyl (C=O) groups excluding carboxylic acids is 1. The molecule has 2 aromatic carbocycles. The number of aromatic nitrogens is 1. The number of pyridine rings is 1. The van der Waals surface area contributed by atoms with E-state index in [0.29, 0.717) is 12.0 Å². The number of halogens is 1. The van der Waals surface area contributed by atoms with Crippen molar-refractivity contribution in [3.63, 3.8) is 0 Å². The Morgan fingerprint density at radius 1 is 1.06 bits per heavy atom. The van der Waals surface area contributed by atoms with Gasteiger partial charge < -0.3 is 4.90 Å². The monoisotopic (exact) mass is 416 g/mol. The first-order valence-corrected chi connectivity index (χ1v) is 11.1. The smallest absolute Gasteiger partial charge is 0.223 e. The molecule has 1 aromatic heterocycles. The van der Waals surface area contributed by atoms with Crippen molar-refractivity contribution in [2.75, 3.05) is 6.54 Å². The van der Waals surface area contributed by atoms with Gasteiger partial charge in [-0.3, -0.25) is 9.78 Å². The second-order valence-corrected chi connectivity index (χ2v) is 8.44. The van der Waals surface area contributed by atoms with E-state index < -0.39 is 0 Å². The fourth-order valence-electron chi connectivity index (χ4n) is 4.39. The lowest BCUT2D eigenvalue weighted by atomic mass is 10.0. The highest BCUT2D eigenvalue weighted by molar-refractivity contribution is 5.77. The molecule has 0 bridgehead atoms. The summed E-state index contributed by atoms with van der Waals surface area (Å²) in [6, 6.07) is 19.9. The average molecular weight is 417 g/mol. The quantitative estimate of drug-likeness (QED) is 0.487. The molecule has 1 saturated heterocycles. The molecule has 1 fully saturated rings. The summed E-state index contributed by atoms with van der Waals surface area (Å²) in [6.07, 6.45) is 6.87. The maximum absolute atomic E-state index is 13.4. The summed E-state index contributed by atoms with van der Waals surface area (Å²) in [6.45, 7) is 2.57. The minimum Gasteiger partial charge on any atom is -0.334 e. The molecule has 1 aliphatic rings. The van der Waals surface area contributed by atoms with Gasteiger partial charge in [0, 0.05) is 19.2 Å². The topological polar surface area (TPSA) is 33.2 Å². The number of hydrogen-bond donors (Lipinski definition) is 0. The average Bonchev–Trinajstić information content (AvgIpc) is 3.27. The van der Waals surface area contributed by atoms with Crippen LogP contribution in [0.1, 0.15) is 59.7 Å². The Kier molecular flexibility index (Phi) is 6.76. The van der Waals surface area contributed by atoms with Crippen LogP contribution >= 0.6 is 0 Å². The van der Waals surface area contributed by atoms with Crippen LogP contribution in [0.2, 0.25) is 0 Å². The highest BCUT2D eigenvalue weighted by atomic mass is 19.1. The van der Waals surface area contributed by atoms with E-state index in [9.17, 15) is 9.18 Å². The zero-order valence-electron chi connectivity index (χ0n) is 18.1. The minimum atomic E-state index is -0.179. The number of amides is 1. The van der Waals surface area contributed by atoms with Crippen molar-refractivity contribution in [3.8, 4) is 0 Å². The maximum Gasteiger partial charge on any atom is 0.223 e. The normalized spacial score (nSPS) is 15.9. The first-order chi connectivity index (χ1) is 15.1. The van der Waals surface area contributed by atoms with E-state index >= 15 is 0 Å². The van der Waals surface area contributed by atoms with Crippen molar-refractivity contribution in [3.05, 3.63) is 101 Å². The number of aryl methyl sites for hydroxylation is 2. The van der Waals surface area contributed by atoms with Gasteiger partial charge in [0.2, 0.25) is 5.91 Å². The largest absolute Gasteiger partial charge is 0.334 e. The van der Waals surface area contributed by atoms with Gasteiger partial charge in [-0.15, -0.1) is 0 Å². The van der Waals surface area contributed by atoms with Crippen LogP contribution in [-0.2, 0) is 17.6 Å². The van der Waals surface area contributed by atoms with E-state index in [1.165, 1.54) is 17.2 Å². The summed E-state index contributed by atoms with van der Waals surface area (Å²) < 4.78 is 13.4. The molecule has 2 heterocycles. The predicted molar refractivity (Wildman–Crippen MR) is 121 cm³/mol. The van der Waals surface area contributed by atoms with E-state index in [2.05, 4.69) is 36.4 Å². The second-order valence-electron chi connectivity index (χ2n) is 8.44. The van der Waals surface area contributed by atoms with E-state index in [0.717, 1.165) is 49.9 Å². The van der Waals surface area contributed by atoms with Gasteiger partial charge in [0.25, 0.3) is 0 Å². The van der Waals surface area contributed by atoms with Crippen LogP contribution < -0.4 is 0 Å². The Hall–Kier alpha value is -3.01. The zero-order chi connectivity index (χ0) is 21.6. The van der Waals surface area contributed by atoms with Gasteiger partial charge in [-0.25, -0.2) is 4.39 Å². The van der Waals surface area contributed by atoms with E-state index in [-0.39, 0.29) is 17.8 Å². The Labute approximate surface area is 183 Å². The fraction of sp³-hybridized carbons (Fsp3) is 0.333. The molecular weight excluding hydrogens is 387 g/mol. The molecule has 0 radical (unpaired) electrons. The lowest BCUT2D eigenvalue weighted by Crippen LogP contribution is -2.30. The summed E-state index contributed by atoms with van der Waals surface area (Å²) in [7, 11) is 0. The van der Waals surface area contributed by atoms with Crippen LogP contribution in [-0.4, -0.2) is 22.3 Å². The minimum absolute atomic E-state index is 0.0753. The van der Waals surface area contributed by atoms with Crippen LogP contribution in [0.5, 0.6) is 0 Å². The Morgan fingerprint density at radius 3 is 2.61 bits per heavy atom. The first kappa shape index (κ1) is 21.2. The summed E-state index contributed by atoms with van der Waals surface area (Å²) in [5.41, 5.74) is 5.17. The Morgan fingerprint density at radius 2 is 1.87 bits per heavy atom. The molecule has 1 unspecified atom stereocenters. The standard InChI is InChI=1S/C27H29FN2O/c1-20-17-22(12-14-24(20)28)9-5-11-27(31)30-16-6-10-26(30)25-15-13-23(19-29-25)18-21-7-3-2-4-8-21/h2-4,7-8,12-15,17,19,26H,5-6,9-11,16,18H2,1H3. The van der Waals surface area contributed by atoms with Gasteiger partial charge in [-0.05, 0) is 73.4 Å². The highest BCUT2D eigenvalue weighted by Gasteiger charge is 2.30. The van der Waals surface area contributed by atoms with Gasteiger partial charge in [0.05, 0.1) is 11.7 Å². The van der Waals surface area contributed by atoms with Gasteiger partial charge in [-0.2, -0.15) is 0 Å². The number of hydrogen-bond acceptors (Lipinski definition) is 2. The van der Waals surface area contributed by atoms with Crippen LogP contribution in [0.4, 0.5) is 4.39 Å². The second kappa shape index (κ2) is 9.86. The number of carbonyl (C=O) groups is 1. The van der Waals surface area contributed by atoms with Crippen LogP contribution in [0.15, 0.2) is 66.9 Å². The Bertz CT molecular complexity index is 1020. The molecule has 31 heavy (non-hydrogen) atoms. The lowest BCUT2D eigenvalue weighted by molar-refractivity contribution is -0.132. The van der Waals surface area contributed by atoms with Crippen molar-refractivity contribution < 1.29 is 9.18 Å². The van der Waals surface area contributed by atoms with Crippen molar-refractivity contribution in [1.82, 2.24) is 9.88 Å². The predicted octanol–water partition coefficient (Wildman–Crippen LogP) is 5.81. The lowest BCUT2D eigenvalue weighted by Gasteiger charge is -2.24. The summed E-state index contributed by atoms with van der Waals surface area (Å²) in [4.78, 5) is 19.6. The summed E-state index contributed by atoms with van der Waals surface area (Å²) in [5.74, 6) is 0.0125. The molecule has 0 saturated carbocycles. The SMILES string of the molecule is Cc1cc(CCCC(=O)N2CCCC2c2ccc(Cc3ccccc3)cn2)ccc1F. The number of likely N-dealkylation sites (tertiary alicyclic amines) is 1. The van der Waals surface area contributed by atoms with Gasteiger partial charge in [0.15, 0.2) is 0 Å². The zero-order valence-corrected chi connectivity index (χ0v) is 18.1. The van der Waals surface area contributed by atoms with Gasteiger partial charge in [-0.1, -0.05) is 48.5 Å². The van der Waals surface area contributed by atoms with Gasteiger partial charge >= 0.3 is 0 Å². The molecule has 0 spiro atoms. The molecule has 3 nitrogen and oxygen atoms in total. The Balaban J connectivity index is 1.33. The number of nitrogens with zero attached hydrogens (tertiary/aromatic N) is 2. The van der Waals surface area contributed by atoms with Crippen molar-refractivity contribution >= 4 is 5.91 Å². The molecule has 4 rings (SSSR count). The molecule has 0 N–H and O–H groups in total. The fourth-order valence-corrected chi connectivity index (χ4v) is 4.39. The number of rotatable bonds is 7.